The lowest BCUT2D eigenvalue weighted by atomic mass is 9.72. The Morgan fingerprint density at radius 2 is 1.21 bits per heavy atom. The summed E-state index contributed by atoms with van der Waals surface area (Å²) in [6.45, 7) is 12.8. The minimum absolute atomic E-state index is 0.747. The zero-order valence-electron chi connectivity index (χ0n) is 16.4. The Hall–Kier alpha value is -0.0800. The van der Waals surface area contributed by atoms with Crippen molar-refractivity contribution in [2.24, 2.45) is 29.6 Å². The second-order valence-corrected chi connectivity index (χ2v) is 9.84. The molecule has 4 fully saturated rings. The molecular formula is C22H40N2. The van der Waals surface area contributed by atoms with Gasteiger partial charge in [-0.2, -0.15) is 0 Å². The molecule has 2 saturated carbocycles. The number of hydrogen-bond acceptors (Lipinski definition) is 2. The molecule has 3 atom stereocenters. The van der Waals surface area contributed by atoms with Gasteiger partial charge in [0.1, 0.15) is 0 Å². The minimum Gasteiger partial charge on any atom is -0.301 e. The lowest BCUT2D eigenvalue weighted by molar-refractivity contribution is 0.0737. The molecule has 2 nitrogen and oxygen atoms in total. The van der Waals surface area contributed by atoms with Crippen molar-refractivity contribution in [3.05, 3.63) is 0 Å². The molecule has 0 aromatic rings. The lowest BCUT2D eigenvalue weighted by Crippen LogP contribution is -2.44. The number of rotatable bonds is 5. The van der Waals surface area contributed by atoms with Crippen molar-refractivity contribution in [2.75, 3.05) is 26.2 Å². The topological polar surface area (TPSA) is 6.48 Å². The van der Waals surface area contributed by atoms with E-state index in [1.165, 1.54) is 64.7 Å². The fraction of sp³-hybridized carbons (Fsp3) is 1.00. The van der Waals surface area contributed by atoms with E-state index >= 15 is 0 Å². The van der Waals surface area contributed by atoms with Crippen LogP contribution in [-0.2, 0) is 0 Å². The molecular weight excluding hydrogens is 292 g/mol. The summed E-state index contributed by atoms with van der Waals surface area (Å²) in [7, 11) is 0. The maximum absolute atomic E-state index is 2.86. The maximum atomic E-state index is 2.86. The molecule has 0 amide bonds. The Morgan fingerprint density at radius 1 is 0.667 bits per heavy atom. The predicted molar refractivity (Wildman–Crippen MR) is 102 cm³/mol. The molecule has 3 unspecified atom stereocenters. The van der Waals surface area contributed by atoms with Gasteiger partial charge in [-0.1, -0.05) is 19.3 Å². The Morgan fingerprint density at radius 3 is 1.75 bits per heavy atom. The molecule has 2 heteroatoms. The minimum atomic E-state index is 0.747. The van der Waals surface area contributed by atoms with E-state index in [1.807, 2.05) is 0 Å². The van der Waals surface area contributed by atoms with Crippen LogP contribution in [0.5, 0.6) is 0 Å². The highest BCUT2D eigenvalue weighted by atomic mass is 15.2. The quantitative estimate of drug-likeness (QED) is 0.723. The first kappa shape index (κ1) is 17.3. The van der Waals surface area contributed by atoms with E-state index in [2.05, 4.69) is 30.6 Å². The van der Waals surface area contributed by atoms with Crippen molar-refractivity contribution in [2.45, 2.75) is 84.2 Å². The SMILES string of the molecule is CC(C)N1CCC(C2CC2C(C)N2CCC(C3CCC3)CC2)CC1. The van der Waals surface area contributed by atoms with Crippen LogP contribution in [0.2, 0.25) is 0 Å². The van der Waals surface area contributed by atoms with Gasteiger partial charge in [0.15, 0.2) is 0 Å². The average molecular weight is 333 g/mol. The zero-order chi connectivity index (χ0) is 16.7. The van der Waals surface area contributed by atoms with Crippen molar-refractivity contribution in [1.82, 2.24) is 9.80 Å². The number of nitrogens with zero attached hydrogens (tertiary/aromatic N) is 2. The molecule has 0 aromatic carbocycles. The fourth-order valence-corrected chi connectivity index (χ4v) is 6.18. The zero-order valence-corrected chi connectivity index (χ0v) is 16.4. The van der Waals surface area contributed by atoms with Crippen LogP contribution in [-0.4, -0.2) is 48.1 Å². The summed E-state index contributed by atoms with van der Waals surface area (Å²) in [6.07, 6.45) is 12.1. The van der Waals surface area contributed by atoms with E-state index in [1.54, 1.807) is 12.8 Å². The molecule has 2 heterocycles. The third-order valence-corrected chi connectivity index (χ3v) is 8.39. The normalized spacial score (nSPS) is 36.0. The van der Waals surface area contributed by atoms with Gasteiger partial charge in [0, 0.05) is 12.1 Å². The van der Waals surface area contributed by atoms with Gasteiger partial charge in [0.2, 0.25) is 0 Å². The Labute approximate surface area is 150 Å². The first-order chi connectivity index (χ1) is 11.6. The van der Waals surface area contributed by atoms with Crippen LogP contribution in [0.3, 0.4) is 0 Å². The van der Waals surface area contributed by atoms with Gasteiger partial charge in [0.25, 0.3) is 0 Å². The molecule has 2 aliphatic carbocycles. The van der Waals surface area contributed by atoms with Gasteiger partial charge >= 0.3 is 0 Å². The van der Waals surface area contributed by atoms with Gasteiger partial charge in [-0.15, -0.1) is 0 Å². The molecule has 0 aromatic heterocycles. The summed E-state index contributed by atoms with van der Waals surface area (Å²) in [5.41, 5.74) is 0. The summed E-state index contributed by atoms with van der Waals surface area (Å²) in [5.74, 6) is 5.33. The van der Waals surface area contributed by atoms with Gasteiger partial charge in [-0.3, -0.25) is 0 Å². The van der Waals surface area contributed by atoms with Gasteiger partial charge in [-0.25, -0.2) is 0 Å². The summed E-state index contributed by atoms with van der Waals surface area (Å²) < 4.78 is 0. The Balaban J connectivity index is 1.20. The highest BCUT2D eigenvalue weighted by molar-refractivity contribution is 4.99. The summed E-state index contributed by atoms with van der Waals surface area (Å²) in [6, 6.07) is 1.61. The molecule has 0 bridgehead atoms. The molecule has 0 spiro atoms. The summed E-state index contributed by atoms with van der Waals surface area (Å²) in [5, 5.41) is 0. The van der Waals surface area contributed by atoms with Crippen molar-refractivity contribution in [3.63, 3.8) is 0 Å². The molecule has 0 N–H and O–H groups in total. The van der Waals surface area contributed by atoms with Crippen LogP contribution in [0, 0.1) is 29.6 Å². The molecule has 0 radical (unpaired) electrons. The van der Waals surface area contributed by atoms with Crippen LogP contribution >= 0.6 is 0 Å². The summed E-state index contributed by atoms with van der Waals surface area (Å²) in [4.78, 5) is 5.55. The van der Waals surface area contributed by atoms with Gasteiger partial charge in [-0.05, 0) is 109 Å². The lowest BCUT2D eigenvalue weighted by Gasteiger charge is -2.42. The van der Waals surface area contributed by atoms with Crippen molar-refractivity contribution >= 4 is 0 Å². The predicted octanol–water partition coefficient (Wildman–Crippen LogP) is 4.64. The molecule has 24 heavy (non-hydrogen) atoms. The van der Waals surface area contributed by atoms with Crippen molar-refractivity contribution in [3.8, 4) is 0 Å². The average Bonchev–Trinajstić information content (AvgIpc) is 3.34. The van der Waals surface area contributed by atoms with E-state index < -0.39 is 0 Å². The Bertz CT molecular complexity index is 400. The van der Waals surface area contributed by atoms with E-state index in [9.17, 15) is 0 Å². The van der Waals surface area contributed by atoms with E-state index in [-0.39, 0.29) is 0 Å². The number of piperidine rings is 2. The van der Waals surface area contributed by atoms with Crippen LogP contribution in [0.1, 0.15) is 72.1 Å². The third kappa shape index (κ3) is 3.56. The second kappa shape index (κ2) is 7.27. The monoisotopic (exact) mass is 332 g/mol. The van der Waals surface area contributed by atoms with Crippen LogP contribution in [0.25, 0.3) is 0 Å². The highest BCUT2D eigenvalue weighted by Crippen LogP contribution is 2.51. The summed E-state index contributed by atoms with van der Waals surface area (Å²) >= 11 is 0. The van der Waals surface area contributed by atoms with Crippen LogP contribution in [0.4, 0.5) is 0 Å². The molecule has 4 aliphatic rings. The first-order valence-corrected chi connectivity index (χ1v) is 11.1. The molecule has 2 saturated heterocycles. The fourth-order valence-electron chi connectivity index (χ4n) is 6.18. The molecule has 2 aliphatic heterocycles. The van der Waals surface area contributed by atoms with Crippen LogP contribution in [0.15, 0.2) is 0 Å². The largest absolute Gasteiger partial charge is 0.301 e. The number of hydrogen-bond donors (Lipinski definition) is 0. The first-order valence-electron chi connectivity index (χ1n) is 11.1. The Kier molecular flexibility index (Phi) is 5.25. The van der Waals surface area contributed by atoms with E-state index in [4.69, 9.17) is 0 Å². The molecule has 138 valence electrons. The molecule has 4 rings (SSSR count). The smallest absolute Gasteiger partial charge is 0.00980 e. The van der Waals surface area contributed by atoms with E-state index in [0.29, 0.717) is 0 Å². The van der Waals surface area contributed by atoms with Gasteiger partial charge < -0.3 is 9.80 Å². The second-order valence-electron chi connectivity index (χ2n) is 9.84. The standard InChI is InChI=1S/C22H40N2/c1-16(2)23-11-9-20(10-12-23)22-15-21(22)17(3)24-13-7-19(8-14-24)18-5-4-6-18/h16-22H,4-15H2,1-3H3. The van der Waals surface area contributed by atoms with Crippen molar-refractivity contribution in [1.29, 1.82) is 0 Å². The maximum Gasteiger partial charge on any atom is 0.00980 e. The van der Waals surface area contributed by atoms with E-state index in [0.717, 1.165) is 41.7 Å². The van der Waals surface area contributed by atoms with Crippen molar-refractivity contribution < 1.29 is 0 Å². The number of likely N-dealkylation sites (tertiary alicyclic amines) is 2. The highest BCUT2D eigenvalue weighted by Gasteiger charge is 2.48. The van der Waals surface area contributed by atoms with Gasteiger partial charge in [0.05, 0.1) is 0 Å². The van der Waals surface area contributed by atoms with Crippen LogP contribution < -0.4 is 0 Å². The third-order valence-electron chi connectivity index (χ3n) is 8.39.